The molecule has 3 amide bonds. The summed E-state index contributed by atoms with van der Waals surface area (Å²) in [5.74, 6) is -0.928. The normalized spacial score (nSPS) is 15.4. The summed E-state index contributed by atoms with van der Waals surface area (Å²) in [7, 11) is 0. The molecule has 1 fully saturated rings. The Morgan fingerprint density at radius 1 is 1.18 bits per heavy atom. The summed E-state index contributed by atoms with van der Waals surface area (Å²) in [4.78, 5) is 39.3. The molecule has 2 heterocycles. The smallest absolute Gasteiger partial charge is 0.251 e. The highest BCUT2D eigenvalue weighted by atomic mass is 79.9. The van der Waals surface area contributed by atoms with E-state index in [1.54, 1.807) is 23.1 Å². The Bertz CT molecular complexity index is 1240. The van der Waals surface area contributed by atoms with Crippen LogP contribution >= 0.6 is 27.3 Å². The van der Waals surface area contributed by atoms with Crippen LogP contribution in [-0.2, 0) is 16.0 Å². The minimum absolute atomic E-state index is 0.0620. The van der Waals surface area contributed by atoms with Crippen molar-refractivity contribution in [2.45, 2.75) is 26.7 Å². The predicted octanol–water partition coefficient (Wildman–Crippen LogP) is 3.88. The third-order valence-corrected chi connectivity index (χ3v) is 6.95. The van der Waals surface area contributed by atoms with Crippen LogP contribution < -0.4 is 15.5 Å². The largest absolute Gasteiger partial charge is 0.352 e. The molecule has 0 saturated carbocycles. The van der Waals surface area contributed by atoms with Crippen molar-refractivity contribution in [3.05, 3.63) is 68.6 Å². The van der Waals surface area contributed by atoms with Gasteiger partial charge < -0.3 is 15.5 Å². The van der Waals surface area contributed by atoms with Crippen molar-refractivity contribution in [1.82, 2.24) is 15.5 Å². The molecule has 0 bridgehead atoms. The van der Waals surface area contributed by atoms with Crippen molar-refractivity contribution in [2.24, 2.45) is 5.92 Å². The lowest BCUT2D eigenvalue weighted by atomic mass is 10.1. The van der Waals surface area contributed by atoms with Gasteiger partial charge in [-0.15, -0.1) is 10.2 Å². The van der Waals surface area contributed by atoms with E-state index in [4.69, 9.17) is 0 Å². The SMILES string of the molecule is Cc1ccc(C)c(N2CC(C(=O)Nc3nnc(CCNC(=O)c4cccc(Br)c4)s3)CC2=O)c1. The quantitative estimate of drug-likeness (QED) is 0.472. The molecule has 2 aromatic carbocycles. The summed E-state index contributed by atoms with van der Waals surface area (Å²) in [5.41, 5.74) is 3.49. The Morgan fingerprint density at radius 2 is 2.00 bits per heavy atom. The molecule has 1 saturated heterocycles. The number of hydrogen-bond acceptors (Lipinski definition) is 6. The van der Waals surface area contributed by atoms with Crippen LogP contribution in [0.15, 0.2) is 46.9 Å². The second-order valence-electron chi connectivity index (χ2n) is 8.20. The van der Waals surface area contributed by atoms with Crippen LogP contribution in [0.3, 0.4) is 0 Å². The van der Waals surface area contributed by atoms with Crippen molar-refractivity contribution in [2.75, 3.05) is 23.3 Å². The Hall–Kier alpha value is -3.11. The highest BCUT2D eigenvalue weighted by Gasteiger charge is 2.36. The van der Waals surface area contributed by atoms with Gasteiger partial charge in [-0.2, -0.15) is 0 Å². The Labute approximate surface area is 209 Å². The molecule has 34 heavy (non-hydrogen) atoms. The van der Waals surface area contributed by atoms with Gasteiger partial charge in [-0.05, 0) is 49.2 Å². The van der Waals surface area contributed by atoms with Crippen LogP contribution in [0.2, 0.25) is 0 Å². The van der Waals surface area contributed by atoms with Gasteiger partial charge in [0.25, 0.3) is 5.91 Å². The number of carbonyl (C=O) groups is 3. The van der Waals surface area contributed by atoms with Crippen LogP contribution in [0.1, 0.15) is 32.9 Å². The molecular weight excluding hydrogens is 518 g/mol. The van der Waals surface area contributed by atoms with E-state index >= 15 is 0 Å². The number of halogens is 1. The zero-order valence-electron chi connectivity index (χ0n) is 18.8. The lowest BCUT2D eigenvalue weighted by Gasteiger charge is -2.19. The van der Waals surface area contributed by atoms with Crippen LogP contribution in [0, 0.1) is 19.8 Å². The molecule has 8 nitrogen and oxygen atoms in total. The summed E-state index contributed by atoms with van der Waals surface area (Å²) >= 11 is 4.61. The molecule has 1 aliphatic heterocycles. The first-order valence-corrected chi connectivity index (χ1v) is 12.5. The highest BCUT2D eigenvalue weighted by Crippen LogP contribution is 2.29. The Morgan fingerprint density at radius 3 is 2.79 bits per heavy atom. The molecular formula is C24H24BrN5O3S. The minimum Gasteiger partial charge on any atom is -0.352 e. The first-order valence-electron chi connectivity index (χ1n) is 10.8. The number of amides is 3. The third kappa shape index (κ3) is 5.68. The average Bonchev–Trinajstić information content (AvgIpc) is 3.41. The van der Waals surface area contributed by atoms with Gasteiger partial charge in [0, 0.05) is 41.7 Å². The van der Waals surface area contributed by atoms with E-state index in [9.17, 15) is 14.4 Å². The molecule has 0 spiro atoms. The summed E-state index contributed by atoms with van der Waals surface area (Å²) in [5, 5.41) is 14.9. The molecule has 1 aromatic heterocycles. The van der Waals surface area contributed by atoms with Gasteiger partial charge in [0.1, 0.15) is 5.01 Å². The third-order valence-electron chi connectivity index (χ3n) is 5.56. The van der Waals surface area contributed by atoms with E-state index in [0.29, 0.717) is 35.2 Å². The maximum atomic E-state index is 12.8. The van der Waals surface area contributed by atoms with Crippen LogP contribution in [-0.4, -0.2) is 41.0 Å². The lowest BCUT2D eigenvalue weighted by molar-refractivity contribution is -0.122. The van der Waals surface area contributed by atoms with Gasteiger partial charge in [-0.1, -0.05) is 45.5 Å². The number of rotatable bonds is 7. The number of nitrogens with one attached hydrogen (secondary N) is 2. The number of anilines is 2. The summed E-state index contributed by atoms with van der Waals surface area (Å²) in [6.45, 7) is 4.67. The standard InChI is InChI=1S/C24H24BrN5O3S/c1-14-6-7-15(2)19(10-14)30-13-17(12-21(30)31)23(33)27-24-29-28-20(34-24)8-9-26-22(32)16-4-3-5-18(25)11-16/h3-7,10-11,17H,8-9,12-13H2,1-2H3,(H,26,32)(H,27,29,33). The number of nitrogens with zero attached hydrogens (tertiary/aromatic N) is 3. The van der Waals surface area contributed by atoms with Gasteiger partial charge in [-0.3, -0.25) is 14.4 Å². The summed E-state index contributed by atoms with van der Waals surface area (Å²) < 4.78 is 0.839. The fourth-order valence-electron chi connectivity index (χ4n) is 3.75. The monoisotopic (exact) mass is 541 g/mol. The van der Waals surface area contributed by atoms with Crippen molar-refractivity contribution >= 4 is 55.8 Å². The predicted molar refractivity (Wildman–Crippen MR) is 135 cm³/mol. The molecule has 0 radical (unpaired) electrons. The van der Waals surface area contributed by atoms with Gasteiger partial charge in [-0.25, -0.2) is 0 Å². The summed E-state index contributed by atoms with van der Waals surface area (Å²) in [6.07, 6.45) is 0.655. The molecule has 0 aliphatic carbocycles. The van der Waals surface area contributed by atoms with Crippen molar-refractivity contribution in [1.29, 1.82) is 0 Å². The van der Waals surface area contributed by atoms with Crippen molar-refractivity contribution in [3.8, 4) is 0 Å². The van der Waals surface area contributed by atoms with Crippen LogP contribution in [0.5, 0.6) is 0 Å². The molecule has 4 rings (SSSR count). The second-order valence-corrected chi connectivity index (χ2v) is 10.2. The van der Waals surface area contributed by atoms with Gasteiger partial charge >= 0.3 is 0 Å². The number of aromatic nitrogens is 2. The number of benzene rings is 2. The molecule has 3 aromatic rings. The zero-order valence-corrected chi connectivity index (χ0v) is 21.2. The average molecular weight is 542 g/mol. The maximum absolute atomic E-state index is 12.8. The van der Waals surface area contributed by atoms with E-state index in [2.05, 4.69) is 36.8 Å². The Balaban J connectivity index is 1.29. The van der Waals surface area contributed by atoms with Gasteiger partial charge in [0.15, 0.2) is 0 Å². The number of hydrogen-bond donors (Lipinski definition) is 2. The van der Waals surface area contributed by atoms with Crippen LogP contribution in [0.4, 0.5) is 10.8 Å². The molecule has 1 unspecified atom stereocenters. The first-order chi connectivity index (χ1) is 16.3. The van der Waals surface area contributed by atoms with Crippen LogP contribution in [0.25, 0.3) is 0 Å². The molecule has 176 valence electrons. The van der Waals surface area contributed by atoms with Gasteiger partial charge in [0.2, 0.25) is 16.9 Å². The fraction of sp³-hybridized carbons (Fsp3) is 0.292. The number of aryl methyl sites for hydroxylation is 2. The number of carbonyl (C=O) groups excluding carboxylic acids is 3. The molecule has 1 atom stereocenters. The van der Waals surface area contributed by atoms with Gasteiger partial charge in [0.05, 0.1) is 5.92 Å². The second kappa shape index (κ2) is 10.4. The van der Waals surface area contributed by atoms with E-state index in [1.807, 2.05) is 38.1 Å². The van der Waals surface area contributed by atoms with E-state index in [1.165, 1.54) is 11.3 Å². The first kappa shape index (κ1) is 24.0. The topological polar surface area (TPSA) is 104 Å². The van der Waals surface area contributed by atoms with Crippen molar-refractivity contribution < 1.29 is 14.4 Å². The minimum atomic E-state index is -0.454. The molecule has 1 aliphatic rings. The zero-order chi connectivity index (χ0) is 24.2. The van der Waals surface area contributed by atoms with E-state index < -0.39 is 5.92 Å². The molecule has 2 N–H and O–H groups in total. The fourth-order valence-corrected chi connectivity index (χ4v) is 4.90. The maximum Gasteiger partial charge on any atom is 0.251 e. The molecule has 10 heteroatoms. The highest BCUT2D eigenvalue weighted by molar-refractivity contribution is 9.10. The van der Waals surface area contributed by atoms with E-state index in [0.717, 1.165) is 21.3 Å². The summed E-state index contributed by atoms with van der Waals surface area (Å²) in [6, 6.07) is 13.1. The Kier molecular flexibility index (Phi) is 7.38. The van der Waals surface area contributed by atoms with E-state index in [-0.39, 0.29) is 24.1 Å². The lowest BCUT2D eigenvalue weighted by Crippen LogP contribution is -2.28. The van der Waals surface area contributed by atoms with Crippen molar-refractivity contribution in [3.63, 3.8) is 0 Å².